The fraction of sp³-hybridized carbons (Fsp3) is 0.786. The molecule has 0 aromatic heterocycles. The Morgan fingerprint density at radius 1 is 1.29 bits per heavy atom. The lowest BCUT2D eigenvalue weighted by molar-refractivity contribution is -0.302. The molecule has 138 valence electrons. The van der Waals surface area contributed by atoms with Crippen LogP contribution >= 0.6 is 0 Å². The number of esters is 2. The third-order valence-electron chi connectivity index (χ3n) is 3.76. The molecule has 6 unspecified atom stereocenters. The van der Waals surface area contributed by atoms with Crippen molar-refractivity contribution >= 4 is 17.9 Å². The number of carboxylic acid groups (broad SMARTS) is 1. The molecule has 24 heavy (non-hydrogen) atoms. The van der Waals surface area contributed by atoms with Crippen molar-refractivity contribution in [3.05, 3.63) is 0 Å². The zero-order valence-corrected chi connectivity index (χ0v) is 13.5. The van der Waals surface area contributed by atoms with Gasteiger partial charge in [0, 0.05) is 26.2 Å². The van der Waals surface area contributed by atoms with E-state index >= 15 is 0 Å². The molecule has 1 saturated heterocycles. The summed E-state index contributed by atoms with van der Waals surface area (Å²) in [5, 5.41) is 39.3. The van der Waals surface area contributed by atoms with Gasteiger partial charge in [-0.3, -0.25) is 9.59 Å². The van der Waals surface area contributed by atoms with Crippen LogP contribution in [0.5, 0.6) is 0 Å². The van der Waals surface area contributed by atoms with Crippen LogP contribution < -0.4 is 0 Å². The lowest BCUT2D eigenvalue weighted by atomic mass is 9.84. The van der Waals surface area contributed by atoms with Gasteiger partial charge in [-0.05, 0) is 0 Å². The van der Waals surface area contributed by atoms with Crippen molar-refractivity contribution in [1.29, 1.82) is 0 Å². The predicted octanol–water partition coefficient (Wildman–Crippen LogP) is -1.60. The van der Waals surface area contributed by atoms with Crippen LogP contribution in [-0.2, 0) is 28.6 Å². The minimum atomic E-state index is -2.69. The summed E-state index contributed by atoms with van der Waals surface area (Å²) >= 11 is 0. The van der Waals surface area contributed by atoms with Gasteiger partial charge in [-0.15, -0.1) is 0 Å². The fourth-order valence-corrected chi connectivity index (χ4v) is 2.41. The van der Waals surface area contributed by atoms with Crippen molar-refractivity contribution in [3.63, 3.8) is 0 Å². The van der Waals surface area contributed by atoms with Crippen molar-refractivity contribution < 1.29 is 49.0 Å². The zero-order valence-electron chi connectivity index (χ0n) is 13.5. The molecule has 1 aliphatic heterocycles. The summed E-state index contributed by atoms with van der Waals surface area (Å²) in [5.41, 5.74) is 0. The molecule has 1 rings (SSSR count). The summed E-state index contributed by atoms with van der Waals surface area (Å²) in [6, 6.07) is 0. The number of rotatable bonds is 6. The molecule has 1 aliphatic rings. The average molecular weight is 350 g/mol. The zero-order chi connectivity index (χ0) is 18.7. The molecule has 0 aliphatic carbocycles. The van der Waals surface area contributed by atoms with Crippen LogP contribution in [-0.4, -0.2) is 75.1 Å². The molecule has 0 spiro atoms. The molecule has 0 saturated carbocycles. The summed E-state index contributed by atoms with van der Waals surface area (Å²) < 4.78 is 14.6. The molecule has 1 heterocycles. The van der Waals surface area contributed by atoms with Crippen molar-refractivity contribution in [2.24, 2.45) is 5.92 Å². The molecule has 1 fully saturated rings. The molecule has 0 radical (unpaired) electrons. The maximum atomic E-state index is 11.2. The van der Waals surface area contributed by atoms with Gasteiger partial charge in [-0.25, -0.2) is 4.79 Å². The number of aliphatic hydroxyl groups excluding tert-OH is 2. The number of hydrogen-bond donors (Lipinski definition) is 4. The van der Waals surface area contributed by atoms with E-state index in [1.807, 2.05) is 0 Å². The van der Waals surface area contributed by atoms with E-state index in [2.05, 4.69) is 0 Å². The van der Waals surface area contributed by atoms with E-state index < -0.39 is 67.1 Å². The number of aliphatic hydroxyl groups is 3. The van der Waals surface area contributed by atoms with E-state index in [0.717, 1.165) is 13.8 Å². The Kier molecular flexibility index (Phi) is 6.67. The summed E-state index contributed by atoms with van der Waals surface area (Å²) in [6.45, 7) is 3.16. The quantitative estimate of drug-likeness (QED) is 0.411. The van der Waals surface area contributed by atoms with Gasteiger partial charge >= 0.3 is 17.9 Å². The first-order valence-corrected chi connectivity index (χ1v) is 7.28. The predicted molar refractivity (Wildman–Crippen MR) is 75.4 cm³/mol. The monoisotopic (exact) mass is 350 g/mol. The van der Waals surface area contributed by atoms with Crippen LogP contribution in [0.3, 0.4) is 0 Å². The second kappa shape index (κ2) is 7.88. The minimum Gasteiger partial charge on any atom is -0.477 e. The number of carbonyl (C=O) groups is 3. The molecule has 0 aromatic rings. The van der Waals surface area contributed by atoms with E-state index in [0.29, 0.717) is 0 Å². The van der Waals surface area contributed by atoms with E-state index in [1.54, 1.807) is 0 Å². The van der Waals surface area contributed by atoms with Gasteiger partial charge in [0.2, 0.25) is 0 Å². The lowest BCUT2D eigenvalue weighted by Gasteiger charge is -2.43. The first-order chi connectivity index (χ1) is 11.0. The molecular formula is C14H22O10. The molecule has 0 bridgehead atoms. The van der Waals surface area contributed by atoms with Crippen LogP contribution in [0.25, 0.3) is 0 Å². The highest BCUT2D eigenvalue weighted by Crippen LogP contribution is 2.34. The molecule has 10 nitrogen and oxygen atoms in total. The molecule has 6 atom stereocenters. The Balaban J connectivity index is 2.99. The summed E-state index contributed by atoms with van der Waals surface area (Å²) in [7, 11) is 0. The van der Waals surface area contributed by atoms with Gasteiger partial charge in [0.15, 0.2) is 6.10 Å². The SMILES string of the molecule is CC(=O)OCC(OC(C)=O)C(O)C1OC(O)(C(=O)O)CC(O)C1C. The van der Waals surface area contributed by atoms with Crippen LogP contribution in [0, 0.1) is 5.92 Å². The average Bonchev–Trinajstić information content (AvgIpc) is 2.46. The standard InChI is InChI=1S/C14H22O10/c1-6-9(17)4-14(21,13(19)20)24-12(6)11(18)10(23-8(3)16)5-22-7(2)15/h6,9-12,17-18,21H,4-5H2,1-3H3,(H,19,20). The highest BCUT2D eigenvalue weighted by Gasteiger charge is 2.52. The van der Waals surface area contributed by atoms with Crippen molar-refractivity contribution in [2.45, 2.75) is 57.4 Å². The second-order valence-corrected chi connectivity index (χ2v) is 5.74. The summed E-state index contributed by atoms with van der Waals surface area (Å²) in [5.74, 6) is -6.66. The van der Waals surface area contributed by atoms with Gasteiger partial charge < -0.3 is 34.6 Å². The van der Waals surface area contributed by atoms with Gasteiger partial charge in [0.25, 0.3) is 5.79 Å². The van der Waals surface area contributed by atoms with E-state index in [1.165, 1.54) is 6.92 Å². The maximum absolute atomic E-state index is 11.2. The second-order valence-electron chi connectivity index (χ2n) is 5.74. The van der Waals surface area contributed by atoms with Crippen molar-refractivity contribution in [1.82, 2.24) is 0 Å². The van der Waals surface area contributed by atoms with Crippen LogP contribution in [0.4, 0.5) is 0 Å². The normalized spacial score (nSPS) is 32.5. The summed E-state index contributed by atoms with van der Waals surface area (Å²) in [6.07, 6.45) is -6.26. The third kappa shape index (κ3) is 4.87. The van der Waals surface area contributed by atoms with Crippen LogP contribution in [0.15, 0.2) is 0 Å². The van der Waals surface area contributed by atoms with E-state index in [-0.39, 0.29) is 0 Å². The first-order valence-electron chi connectivity index (χ1n) is 7.28. The van der Waals surface area contributed by atoms with Crippen LogP contribution in [0.2, 0.25) is 0 Å². The van der Waals surface area contributed by atoms with Crippen molar-refractivity contribution in [2.75, 3.05) is 6.61 Å². The fourth-order valence-electron chi connectivity index (χ4n) is 2.41. The summed E-state index contributed by atoms with van der Waals surface area (Å²) in [4.78, 5) is 33.2. The molecule has 0 aromatic carbocycles. The maximum Gasteiger partial charge on any atom is 0.364 e. The Bertz CT molecular complexity index is 492. The molecule has 10 heteroatoms. The Morgan fingerprint density at radius 2 is 1.88 bits per heavy atom. The number of aliphatic carboxylic acids is 1. The number of carboxylic acids is 1. The number of carbonyl (C=O) groups excluding carboxylic acids is 2. The smallest absolute Gasteiger partial charge is 0.364 e. The number of ether oxygens (including phenoxy) is 3. The molecule has 4 N–H and O–H groups in total. The lowest BCUT2D eigenvalue weighted by Crippen LogP contribution is -2.60. The highest BCUT2D eigenvalue weighted by molar-refractivity contribution is 5.75. The van der Waals surface area contributed by atoms with Gasteiger partial charge in [-0.2, -0.15) is 0 Å². The van der Waals surface area contributed by atoms with Gasteiger partial charge in [0.05, 0.1) is 12.2 Å². The van der Waals surface area contributed by atoms with Crippen LogP contribution in [0.1, 0.15) is 27.2 Å². The molecule has 0 amide bonds. The van der Waals surface area contributed by atoms with E-state index in [9.17, 15) is 29.7 Å². The number of hydrogen-bond acceptors (Lipinski definition) is 9. The Labute approximate surface area is 137 Å². The third-order valence-corrected chi connectivity index (χ3v) is 3.76. The largest absolute Gasteiger partial charge is 0.477 e. The van der Waals surface area contributed by atoms with Gasteiger partial charge in [0.1, 0.15) is 12.7 Å². The molecular weight excluding hydrogens is 328 g/mol. The van der Waals surface area contributed by atoms with Crippen molar-refractivity contribution in [3.8, 4) is 0 Å². The van der Waals surface area contributed by atoms with Gasteiger partial charge in [-0.1, -0.05) is 6.92 Å². The highest BCUT2D eigenvalue weighted by atomic mass is 16.7. The minimum absolute atomic E-state index is 0.496. The topological polar surface area (TPSA) is 160 Å². The Hall–Kier alpha value is -1.75. The Morgan fingerprint density at radius 3 is 2.33 bits per heavy atom. The first kappa shape index (κ1) is 20.3. The van der Waals surface area contributed by atoms with E-state index in [4.69, 9.17) is 19.3 Å².